The highest BCUT2D eigenvalue weighted by atomic mass is 32.2. The number of piperidine rings is 1. The van der Waals surface area contributed by atoms with Crippen molar-refractivity contribution in [1.82, 2.24) is 14.5 Å². The topological polar surface area (TPSA) is 98.8 Å². The average Bonchev–Trinajstić information content (AvgIpc) is 3.35. The fourth-order valence-corrected chi connectivity index (χ4v) is 7.46. The summed E-state index contributed by atoms with van der Waals surface area (Å²) >= 11 is 0. The Labute approximate surface area is 230 Å². The monoisotopic (exact) mass is 548 g/mol. The minimum Gasteiger partial charge on any atom is -0.341 e. The Bertz CT molecular complexity index is 1510. The number of nitrogens with zero attached hydrogens (tertiary/aromatic N) is 2. The van der Waals surface area contributed by atoms with Crippen molar-refractivity contribution in [3.63, 3.8) is 0 Å². The van der Waals surface area contributed by atoms with Crippen LogP contribution in [0.3, 0.4) is 0 Å². The molecule has 0 unspecified atom stereocenters. The van der Waals surface area contributed by atoms with Gasteiger partial charge in [0.15, 0.2) is 0 Å². The number of benzene rings is 3. The summed E-state index contributed by atoms with van der Waals surface area (Å²) in [5.41, 5.74) is 1.98. The van der Waals surface area contributed by atoms with E-state index >= 15 is 0 Å². The molecule has 2 aliphatic rings. The fraction of sp³-hybridized carbons (Fsp3) is 0.400. The first-order chi connectivity index (χ1) is 18.7. The Hall–Kier alpha value is -3.27. The summed E-state index contributed by atoms with van der Waals surface area (Å²) in [6.07, 6.45) is 2.47. The van der Waals surface area contributed by atoms with Crippen molar-refractivity contribution in [2.75, 3.05) is 32.0 Å². The first-order valence-corrected chi connectivity index (χ1v) is 15.0. The third kappa shape index (κ3) is 5.57. The molecule has 5 rings (SSSR count). The summed E-state index contributed by atoms with van der Waals surface area (Å²) in [4.78, 5) is 30.2. The predicted octanol–water partition coefficient (Wildman–Crippen LogP) is 4.01. The highest BCUT2D eigenvalue weighted by molar-refractivity contribution is 7.89. The molecule has 0 saturated carbocycles. The van der Waals surface area contributed by atoms with Crippen LogP contribution < -0.4 is 10.0 Å². The standard InChI is InChI=1S/C30H36N4O4S/c1-20-9-4-5-10-22(20)29(35)31-26-13-6-12-24-23(26)11-7-15-28(24)39(37,38)32-25-16-18-34(19-21(25)2)30(36)27-14-8-17-33(27)3/h4-7,9-13,15,21,25,27,32H,8,14,16-19H2,1-3H3,(H,31,35)/t21-,25+,27+/m1/s1. The van der Waals surface area contributed by atoms with Crippen LogP contribution in [-0.2, 0) is 14.8 Å². The summed E-state index contributed by atoms with van der Waals surface area (Å²) in [6, 6.07) is 17.4. The molecule has 2 N–H and O–H groups in total. The van der Waals surface area contributed by atoms with Crippen molar-refractivity contribution < 1.29 is 18.0 Å². The Morgan fingerprint density at radius 3 is 2.38 bits per heavy atom. The minimum absolute atomic E-state index is 0.0249. The number of carbonyl (C=O) groups is 2. The van der Waals surface area contributed by atoms with Crippen LogP contribution in [0.2, 0.25) is 0 Å². The predicted molar refractivity (Wildman–Crippen MR) is 153 cm³/mol. The first-order valence-electron chi connectivity index (χ1n) is 13.6. The number of nitrogens with one attached hydrogen (secondary N) is 2. The van der Waals surface area contributed by atoms with Crippen LogP contribution in [0.5, 0.6) is 0 Å². The van der Waals surface area contributed by atoms with Crippen LogP contribution >= 0.6 is 0 Å². The number of aryl methyl sites for hydroxylation is 1. The lowest BCUT2D eigenvalue weighted by atomic mass is 9.94. The number of carbonyl (C=O) groups excluding carboxylic acids is 2. The SMILES string of the molecule is Cc1ccccc1C(=O)Nc1cccc2c(S(=O)(=O)N[C@H]3CCN(C(=O)[C@@H]4CCCN4C)C[C@H]3C)cccc12. The molecule has 0 aromatic heterocycles. The van der Waals surface area contributed by atoms with Crippen LogP contribution in [0, 0.1) is 12.8 Å². The smallest absolute Gasteiger partial charge is 0.255 e. The van der Waals surface area contributed by atoms with E-state index in [-0.39, 0.29) is 34.7 Å². The molecule has 206 valence electrons. The van der Waals surface area contributed by atoms with E-state index in [2.05, 4.69) is 14.9 Å². The molecule has 0 bridgehead atoms. The second-order valence-corrected chi connectivity index (χ2v) is 12.5. The molecule has 2 aliphatic heterocycles. The van der Waals surface area contributed by atoms with Crippen molar-refractivity contribution in [2.24, 2.45) is 5.92 Å². The molecule has 2 saturated heterocycles. The van der Waals surface area contributed by atoms with Crippen LogP contribution in [0.1, 0.15) is 42.1 Å². The number of hydrogen-bond donors (Lipinski definition) is 2. The maximum atomic E-state index is 13.6. The number of rotatable bonds is 6. The van der Waals surface area contributed by atoms with E-state index in [1.807, 2.05) is 50.1 Å². The second kappa shape index (κ2) is 11.1. The molecule has 3 aromatic rings. The lowest BCUT2D eigenvalue weighted by Crippen LogP contribution is -2.54. The molecule has 0 aliphatic carbocycles. The Morgan fingerprint density at radius 2 is 1.67 bits per heavy atom. The summed E-state index contributed by atoms with van der Waals surface area (Å²) in [5, 5.41) is 4.14. The molecule has 3 atom stereocenters. The van der Waals surface area contributed by atoms with E-state index in [0.29, 0.717) is 41.5 Å². The largest absolute Gasteiger partial charge is 0.341 e. The van der Waals surface area contributed by atoms with Gasteiger partial charge in [0.2, 0.25) is 15.9 Å². The molecule has 3 aromatic carbocycles. The quantitative estimate of drug-likeness (QED) is 0.485. The van der Waals surface area contributed by atoms with Gasteiger partial charge in [-0.1, -0.05) is 49.4 Å². The van der Waals surface area contributed by atoms with Gasteiger partial charge in [-0.2, -0.15) is 0 Å². The third-order valence-electron chi connectivity index (χ3n) is 8.14. The Kier molecular flexibility index (Phi) is 7.75. The molecule has 39 heavy (non-hydrogen) atoms. The lowest BCUT2D eigenvalue weighted by Gasteiger charge is -2.39. The van der Waals surface area contributed by atoms with Gasteiger partial charge < -0.3 is 10.2 Å². The lowest BCUT2D eigenvalue weighted by molar-refractivity contribution is -0.137. The van der Waals surface area contributed by atoms with Crippen molar-refractivity contribution in [3.8, 4) is 0 Å². The fourth-order valence-electron chi connectivity index (χ4n) is 5.86. The number of likely N-dealkylation sites (N-methyl/N-ethyl adjacent to an activating group) is 1. The van der Waals surface area contributed by atoms with Gasteiger partial charge in [0.1, 0.15) is 0 Å². The number of likely N-dealkylation sites (tertiary alicyclic amines) is 2. The van der Waals surface area contributed by atoms with Crippen molar-refractivity contribution in [3.05, 3.63) is 71.8 Å². The second-order valence-electron chi connectivity index (χ2n) is 10.8. The molecular weight excluding hydrogens is 512 g/mol. The maximum absolute atomic E-state index is 13.6. The Morgan fingerprint density at radius 1 is 0.923 bits per heavy atom. The van der Waals surface area contributed by atoms with Crippen LogP contribution in [-0.4, -0.2) is 68.8 Å². The molecule has 2 amide bonds. The van der Waals surface area contributed by atoms with Gasteiger partial charge in [0, 0.05) is 41.2 Å². The summed E-state index contributed by atoms with van der Waals surface area (Å²) < 4.78 is 30.2. The molecular formula is C30H36N4O4S. The number of fused-ring (bicyclic) bond motifs is 1. The first kappa shape index (κ1) is 27.3. The van der Waals surface area contributed by atoms with Gasteiger partial charge in [-0.15, -0.1) is 0 Å². The highest BCUT2D eigenvalue weighted by Gasteiger charge is 2.37. The van der Waals surface area contributed by atoms with E-state index in [1.54, 1.807) is 36.4 Å². The van der Waals surface area contributed by atoms with E-state index < -0.39 is 10.0 Å². The van der Waals surface area contributed by atoms with Gasteiger partial charge in [-0.3, -0.25) is 14.5 Å². The van der Waals surface area contributed by atoms with Gasteiger partial charge in [0.25, 0.3) is 5.91 Å². The molecule has 8 nitrogen and oxygen atoms in total. The van der Waals surface area contributed by atoms with E-state index in [1.165, 1.54) is 0 Å². The maximum Gasteiger partial charge on any atom is 0.255 e. The van der Waals surface area contributed by atoms with E-state index in [9.17, 15) is 18.0 Å². The zero-order valence-electron chi connectivity index (χ0n) is 22.7. The normalized spacial score (nSPS) is 22.2. The van der Waals surface area contributed by atoms with Crippen molar-refractivity contribution >= 4 is 38.3 Å². The minimum atomic E-state index is -3.86. The van der Waals surface area contributed by atoms with Gasteiger partial charge in [-0.05, 0) is 69.5 Å². The number of anilines is 1. The molecule has 9 heteroatoms. The molecule has 0 spiro atoms. The van der Waals surface area contributed by atoms with Crippen molar-refractivity contribution in [2.45, 2.75) is 50.1 Å². The zero-order valence-corrected chi connectivity index (χ0v) is 23.5. The third-order valence-corrected chi connectivity index (χ3v) is 9.69. The van der Waals surface area contributed by atoms with Crippen LogP contribution in [0.15, 0.2) is 65.6 Å². The number of sulfonamides is 1. The van der Waals surface area contributed by atoms with Gasteiger partial charge in [-0.25, -0.2) is 13.1 Å². The van der Waals surface area contributed by atoms with E-state index in [4.69, 9.17) is 0 Å². The zero-order chi connectivity index (χ0) is 27.7. The highest BCUT2D eigenvalue weighted by Crippen LogP contribution is 2.30. The van der Waals surface area contributed by atoms with Crippen LogP contribution in [0.4, 0.5) is 5.69 Å². The molecule has 0 radical (unpaired) electrons. The summed E-state index contributed by atoms with van der Waals surface area (Å²) in [6.45, 7) is 5.87. The Balaban J connectivity index is 1.33. The summed E-state index contributed by atoms with van der Waals surface area (Å²) in [7, 11) is -1.87. The van der Waals surface area contributed by atoms with Crippen molar-refractivity contribution in [1.29, 1.82) is 0 Å². The molecule has 2 heterocycles. The van der Waals surface area contributed by atoms with Crippen LogP contribution in [0.25, 0.3) is 10.8 Å². The molecule has 2 fully saturated rings. The number of hydrogen-bond acceptors (Lipinski definition) is 5. The van der Waals surface area contributed by atoms with Gasteiger partial charge in [0.05, 0.1) is 10.9 Å². The van der Waals surface area contributed by atoms with Gasteiger partial charge >= 0.3 is 0 Å². The van der Waals surface area contributed by atoms with E-state index in [0.717, 1.165) is 24.9 Å². The summed E-state index contributed by atoms with van der Waals surface area (Å²) in [5.74, 6) is -0.119. The number of amides is 2. The average molecular weight is 549 g/mol.